The predicted molar refractivity (Wildman–Crippen MR) is 70.1 cm³/mol. The second kappa shape index (κ2) is 5.01. The molecular weight excluding hydrogens is 237 g/mol. The lowest BCUT2D eigenvalue weighted by atomic mass is 9.98. The van der Waals surface area contributed by atoms with E-state index in [0.717, 1.165) is 12.0 Å². The third-order valence-corrected chi connectivity index (χ3v) is 3.23. The molecule has 0 atom stereocenters. The lowest BCUT2D eigenvalue weighted by molar-refractivity contribution is 0.613. The van der Waals surface area contributed by atoms with E-state index in [1.807, 2.05) is 6.20 Å². The Kier molecular flexibility index (Phi) is 3.63. The van der Waals surface area contributed by atoms with Gasteiger partial charge in [-0.1, -0.05) is 37.6 Å². The molecule has 17 heavy (non-hydrogen) atoms. The fourth-order valence-electron chi connectivity index (χ4n) is 1.89. The van der Waals surface area contributed by atoms with E-state index in [4.69, 9.17) is 11.6 Å². The zero-order valence-corrected chi connectivity index (χ0v) is 10.8. The van der Waals surface area contributed by atoms with Gasteiger partial charge in [-0.2, -0.15) is 0 Å². The van der Waals surface area contributed by atoms with Crippen molar-refractivity contribution in [1.29, 1.82) is 0 Å². The minimum atomic E-state index is -0.312. The highest BCUT2D eigenvalue weighted by molar-refractivity contribution is 6.30. The van der Waals surface area contributed by atoms with Gasteiger partial charge in [-0.05, 0) is 29.5 Å². The third kappa shape index (κ3) is 2.75. The highest BCUT2D eigenvalue weighted by Crippen LogP contribution is 2.24. The Balaban J connectivity index is 2.07. The molecule has 1 heterocycles. The highest BCUT2D eigenvalue weighted by Gasteiger charge is 2.15. The maximum absolute atomic E-state index is 13.7. The zero-order chi connectivity index (χ0) is 12.4. The molecule has 0 N–H and O–H groups in total. The molecule has 1 nitrogen and oxygen atoms in total. The molecule has 3 heteroatoms. The number of hydrogen-bond donors (Lipinski definition) is 0. The van der Waals surface area contributed by atoms with E-state index < -0.39 is 0 Å². The van der Waals surface area contributed by atoms with E-state index in [0.29, 0.717) is 17.9 Å². The summed E-state index contributed by atoms with van der Waals surface area (Å²) >= 11 is 5.76. The first-order valence-corrected chi connectivity index (χ1v) is 6.13. The second-order valence-corrected chi connectivity index (χ2v) is 5.04. The van der Waals surface area contributed by atoms with E-state index in [9.17, 15) is 4.39 Å². The molecule has 0 spiro atoms. The summed E-state index contributed by atoms with van der Waals surface area (Å²) in [5.74, 6) is 0.140. The Morgan fingerprint density at radius 3 is 2.82 bits per heavy atom. The first-order chi connectivity index (χ1) is 8.08. The number of rotatable bonds is 3. The first-order valence-electron chi connectivity index (χ1n) is 5.75. The van der Waals surface area contributed by atoms with Crippen LogP contribution in [0.25, 0.3) is 0 Å². The van der Waals surface area contributed by atoms with Crippen molar-refractivity contribution < 1.29 is 4.39 Å². The Morgan fingerprint density at radius 1 is 1.41 bits per heavy atom. The molecule has 0 radical (unpaired) electrons. The first kappa shape index (κ1) is 12.3. The van der Waals surface area contributed by atoms with Crippen LogP contribution in [0.15, 0.2) is 35.0 Å². The summed E-state index contributed by atoms with van der Waals surface area (Å²) in [6.45, 7) is 4.24. The summed E-state index contributed by atoms with van der Waals surface area (Å²) in [5, 5.41) is 0.186. The number of allylic oxidation sites excluding steroid dienone is 1. The van der Waals surface area contributed by atoms with E-state index >= 15 is 0 Å². The van der Waals surface area contributed by atoms with Gasteiger partial charge in [0.2, 0.25) is 0 Å². The fraction of sp³-hybridized carbons (Fsp3) is 0.357. The van der Waals surface area contributed by atoms with E-state index in [2.05, 4.69) is 18.8 Å². The number of aliphatic imine (C=N–C) groups is 1. The van der Waals surface area contributed by atoms with E-state index in [-0.39, 0.29) is 10.8 Å². The number of benzene rings is 1. The average Bonchev–Trinajstić information content (AvgIpc) is 2.73. The van der Waals surface area contributed by atoms with Gasteiger partial charge in [0.25, 0.3) is 0 Å². The molecule has 0 aliphatic carbocycles. The topological polar surface area (TPSA) is 12.4 Å². The van der Waals surface area contributed by atoms with Gasteiger partial charge in [-0.3, -0.25) is 4.99 Å². The van der Waals surface area contributed by atoms with Crippen LogP contribution in [0, 0.1) is 11.7 Å². The molecule has 0 unspecified atom stereocenters. The van der Waals surface area contributed by atoms with Crippen molar-refractivity contribution in [2.24, 2.45) is 10.9 Å². The Labute approximate surface area is 106 Å². The van der Waals surface area contributed by atoms with Crippen LogP contribution in [-0.2, 0) is 6.42 Å². The maximum atomic E-state index is 13.7. The molecule has 0 bridgehead atoms. The second-order valence-electron chi connectivity index (χ2n) is 4.63. The molecule has 1 aromatic rings. The Morgan fingerprint density at radius 2 is 2.18 bits per heavy atom. The standard InChI is InChI=1S/C14H15ClFN/c1-9(2)13-7-10(8-17-13)6-11-4-3-5-12(15)14(11)16/h3-5,8-9H,6-7H2,1-2H3. The molecule has 0 fully saturated rings. The van der Waals surface area contributed by atoms with Crippen molar-refractivity contribution in [3.05, 3.63) is 46.4 Å². The van der Waals surface area contributed by atoms with Crippen molar-refractivity contribution in [1.82, 2.24) is 0 Å². The number of hydrogen-bond acceptors (Lipinski definition) is 1. The van der Waals surface area contributed by atoms with Crippen LogP contribution in [0.4, 0.5) is 4.39 Å². The Hall–Kier alpha value is -1.15. The molecule has 90 valence electrons. The van der Waals surface area contributed by atoms with Crippen LogP contribution < -0.4 is 0 Å². The van der Waals surface area contributed by atoms with E-state index in [1.54, 1.807) is 18.2 Å². The van der Waals surface area contributed by atoms with Gasteiger partial charge in [-0.15, -0.1) is 0 Å². The van der Waals surface area contributed by atoms with Crippen LogP contribution in [-0.4, -0.2) is 5.71 Å². The Bertz CT molecular complexity index is 489. The number of nitrogens with zero attached hydrogens (tertiary/aromatic N) is 1. The minimum absolute atomic E-state index is 0.186. The maximum Gasteiger partial charge on any atom is 0.145 e. The van der Waals surface area contributed by atoms with E-state index in [1.165, 1.54) is 5.71 Å². The van der Waals surface area contributed by atoms with Gasteiger partial charge in [0.1, 0.15) is 5.82 Å². The average molecular weight is 252 g/mol. The van der Waals surface area contributed by atoms with Gasteiger partial charge >= 0.3 is 0 Å². The van der Waals surface area contributed by atoms with Crippen LogP contribution in [0.5, 0.6) is 0 Å². The molecule has 0 saturated carbocycles. The largest absolute Gasteiger partial charge is 0.265 e. The smallest absolute Gasteiger partial charge is 0.145 e. The third-order valence-electron chi connectivity index (χ3n) is 2.94. The summed E-state index contributed by atoms with van der Waals surface area (Å²) in [7, 11) is 0. The molecule has 0 amide bonds. The lowest BCUT2D eigenvalue weighted by Gasteiger charge is -2.07. The van der Waals surface area contributed by atoms with Crippen molar-refractivity contribution in [3.63, 3.8) is 0 Å². The summed E-state index contributed by atoms with van der Waals surface area (Å²) in [5.41, 5.74) is 2.96. The molecule has 1 aliphatic heterocycles. The molecule has 2 rings (SSSR count). The van der Waals surface area contributed by atoms with Crippen molar-refractivity contribution in [2.45, 2.75) is 26.7 Å². The molecule has 0 saturated heterocycles. The lowest BCUT2D eigenvalue weighted by Crippen LogP contribution is -2.05. The fourth-order valence-corrected chi connectivity index (χ4v) is 2.08. The van der Waals surface area contributed by atoms with Gasteiger partial charge in [0.05, 0.1) is 5.02 Å². The van der Waals surface area contributed by atoms with Gasteiger partial charge in [0, 0.05) is 18.3 Å². The van der Waals surface area contributed by atoms with Crippen molar-refractivity contribution >= 4 is 17.3 Å². The van der Waals surface area contributed by atoms with Crippen molar-refractivity contribution in [3.8, 4) is 0 Å². The summed E-state index contributed by atoms with van der Waals surface area (Å²) in [4.78, 5) is 4.36. The molecule has 0 aromatic heterocycles. The van der Waals surface area contributed by atoms with Gasteiger partial charge < -0.3 is 0 Å². The molecular formula is C14H15ClFN. The van der Waals surface area contributed by atoms with Crippen LogP contribution in [0.1, 0.15) is 25.8 Å². The number of halogens is 2. The SMILES string of the molecule is CC(C)C1=NC=C(Cc2cccc(Cl)c2F)C1. The zero-order valence-electron chi connectivity index (χ0n) is 10.0. The van der Waals surface area contributed by atoms with Crippen LogP contribution in [0.3, 0.4) is 0 Å². The van der Waals surface area contributed by atoms with Crippen LogP contribution >= 0.6 is 11.6 Å². The summed E-state index contributed by atoms with van der Waals surface area (Å²) < 4.78 is 13.7. The van der Waals surface area contributed by atoms with Crippen molar-refractivity contribution in [2.75, 3.05) is 0 Å². The van der Waals surface area contributed by atoms with Gasteiger partial charge in [-0.25, -0.2) is 4.39 Å². The molecule has 1 aliphatic rings. The normalized spacial score (nSPS) is 15.1. The van der Waals surface area contributed by atoms with Gasteiger partial charge in [0.15, 0.2) is 0 Å². The predicted octanol–water partition coefficient (Wildman–Crippen LogP) is 4.41. The summed E-state index contributed by atoms with van der Waals surface area (Å²) in [6.07, 6.45) is 3.30. The van der Waals surface area contributed by atoms with Crippen LogP contribution in [0.2, 0.25) is 5.02 Å². The monoisotopic (exact) mass is 251 g/mol. The quantitative estimate of drug-likeness (QED) is 0.755. The summed E-state index contributed by atoms with van der Waals surface area (Å²) in [6, 6.07) is 5.12. The highest BCUT2D eigenvalue weighted by atomic mass is 35.5. The molecule has 1 aromatic carbocycles. The minimum Gasteiger partial charge on any atom is -0.265 e.